The molecule has 0 aliphatic carbocycles. The Morgan fingerprint density at radius 3 is 2.62 bits per heavy atom. The third-order valence-corrected chi connectivity index (χ3v) is 4.96. The Kier molecular flexibility index (Phi) is 5.03. The third kappa shape index (κ3) is 3.33. The van der Waals surface area contributed by atoms with Gasteiger partial charge in [-0.3, -0.25) is 4.68 Å². The van der Waals surface area contributed by atoms with Gasteiger partial charge in [-0.25, -0.2) is 4.39 Å². The molecule has 7 heteroatoms. The van der Waals surface area contributed by atoms with E-state index in [1.807, 2.05) is 19.9 Å². The van der Waals surface area contributed by atoms with Crippen LogP contribution in [0.2, 0.25) is 5.02 Å². The first-order valence-electron chi connectivity index (χ1n) is 7.78. The summed E-state index contributed by atoms with van der Waals surface area (Å²) < 4.78 is 16.7. The predicted molar refractivity (Wildman–Crippen MR) is 105 cm³/mol. The quantitative estimate of drug-likeness (QED) is 0.561. The molecule has 3 aromatic rings. The van der Waals surface area contributed by atoms with Gasteiger partial charge in [0.25, 0.3) is 0 Å². The zero-order valence-corrected chi connectivity index (χ0v) is 16.7. The number of benzene rings is 2. The number of nitrogens with zero attached hydrogens (tertiary/aromatic N) is 3. The number of hydrogen-bond donors (Lipinski definition) is 1. The summed E-state index contributed by atoms with van der Waals surface area (Å²) in [5.41, 5.74) is 3.84. The molecule has 0 amide bonds. The fraction of sp³-hybridized carbons (Fsp3) is 0.158. The van der Waals surface area contributed by atoms with Crippen LogP contribution in [0.5, 0.6) is 0 Å². The van der Waals surface area contributed by atoms with Crippen molar-refractivity contribution in [2.24, 2.45) is 7.05 Å². The molecule has 2 aromatic carbocycles. The molecule has 0 unspecified atom stereocenters. The molecular formula is C19H15BrClFN4. The summed E-state index contributed by atoms with van der Waals surface area (Å²) in [7, 11) is 1.77. The Labute approximate surface area is 164 Å². The zero-order chi connectivity index (χ0) is 19.0. The second-order valence-corrected chi connectivity index (χ2v) is 7.23. The molecule has 4 nitrogen and oxygen atoms in total. The summed E-state index contributed by atoms with van der Waals surface area (Å²) in [4.78, 5) is 0. The van der Waals surface area contributed by atoms with Gasteiger partial charge in [0, 0.05) is 27.7 Å². The molecule has 1 N–H and O–H groups in total. The highest BCUT2D eigenvalue weighted by atomic mass is 79.9. The van der Waals surface area contributed by atoms with E-state index in [4.69, 9.17) is 16.9 Å². The van der Waals surface area contributed by atoms with Crippen LogP contribution in [0.25, 0.3) is 11.1 Å². The second kappa shape index (κ2) is 7.10. The average molecular weight is 434 g/mol. The van der Waals surface area contributed by atoms with Crippen LogP contribution in [0, 0.1) is 31.0 Å². The Bertz CT molecular complexity index is 1030. The number of aromatic nitrogens is 2. The normalized spacial score (nSPS) is 10.7. The fourth-order valence-electron chi connectivity index (χ4n) is 2.85. The molecule has 26 heavy (non-hydrogen) atoms. The molecule has 0 radical (unpaired) electrons. The van der Waals surface area contributed by atoms with Gasteiger partial charge in [0.15, 0.2) is 0 Å². The van der Waals surface area contributed by atoms with Crippen molar-refractivity contribution in [2.75, 3.05) is 5.32 Å². The van der Waals surface area contributed by atoms with Crippen molar-refractivity contribution < 1.29 is 4.39 Å². The van der Waals surface area contributed by atoms with Gasteiger partial charge in [-0.15, -0.1) is 0 Å². The van der Waals surface area contributed by atoms with E-state index in [0.717, 1.165) is 22.4 Å². The lowest BCUT2D eigenvalue weighted by Crippen LogP contribution is -2.03. The topological polar surface area (TPSA) is 53.6 Å². The molecule has 0 aliphatic heterocycles. The number of hydrogen-bond acceptors (Lipinski definition) is 3. The first kappa shape index (κ1) is 18.4. The lowest BCUT2D eigenvalue weighted by atomic mass is 10.0. The maximum atomic E-state index is 14.5. The Morgan fingerprint density at radius 2 is 2.00 bits per heavy atom. The molecule has 1 heterocycles. The van der Waals surface area contributed by atoms with Crippen LogP contribution in [-0.2, 0) is 7.05 Å². The summed E-state index contributed by atoms with van der Waals surface area (Å²) in [6, 6.07) is 10.4. The summed E-state index contributed by atoms with van der Waals surface area (Å²) in [6.07, 6.45) is 0. The molecule has 0 fully saturated rings. The van der Waals surface area contributed by atoms with Gasteiger partial charge in [-0.2, -0.15) is 10.4 Å². The minimum Gasteiger partial charge on any atom is -0.337 e. The van der Waals surface area contributed by atoms with Crippen molar-refractivity contribution >= 4 is 39.0 Å². The fourth-order valence-corrected chi connectivity index (χ4v) is 3.77. The number of nitrogens with one attached hydrogen (secondary N) is 1. The van der Waals surface area contributed by atoms with E-state index < -0.39 is 0 Å². The highest BCUT2D eigenvalue weighted by Crippen LogP contribution is 2.39. The van der Waals surface area contributed by atoms with Crippen molar-refractivity contribution in [3.8, 4) is 17.2 Å². The van der Waals surface area contributed by atoms with Crippen LogP contribution >= 0.6 is 27.5 Å². The molecule has 0 atom stereocenters. The monoisotopic (exact) mass is 432 g/mol. The molecule has 0 bridgehead atoms. The van der Waals surface area contributed by atoms with Crippen LogP contribution in [0.15, 0.2) is 34.8 Å². The average Bonchev–Trinajstić information content (AvgIpc) is 2.84. The first-order chi connectivity index (χ1) is 12.3. The molecular weight excluding hydrogens is 419 g/mol. The largest absolute Gasteiger partial charge is 0.337 e. The smallest absolute Gasteiger partial charge is 0.148 e. The van der Waals surface area contributed by atoms with E-state index in [1.54, 1.807) is 29.9 Å². The van der Waals surface area contributed by atoms with Crippen molar-refractivity contribution in [1.29, 1.82) is 5.26 Å². The van der Waals surface area contributed by atoms with E-state index in [0.29, 0.717) is 26.6 Å². The number of rotatable bonds is 3. The van der Waals surface area contributed by atoms with E-state index in [9.17, 15) is 4.39 Å². The SMILES string of the molecule is Cc1cc(F)c(Nc2c(-c3ccc(C#N)cc3Cl)c(C)nn2C)c(Br)c1. The number of aryl methyl sites for hydroxylation is 3. The summed E-state index contributed by atoms with van der Waals surface area (Å²) in [5, 5.41) is 17.0. The lowest BCUT2D eigenvalue weighted by Gasteiger charge is -2.14. The molecule has 3 rings (SSSR count). The maximum Gasteiger partial charge on any atom is 0.148 e. The van der Waals surface area contributed by atoms with Gasteiger partial charge in [0.05, 0.1) is 23.0 Å². The lowest BCUT2D eigenvalue weighted by molar-refractivity contribution is 0.629. The van der Waals surface area contributed by atoms with Crippen LogP contribution in [0.1, 0.15) is 16.8 Å². The van der Waals surface area contributed by atoms with Gasteiger partial charge >= 0.3 is 0 Å². The highest BCUT2D eigenvalue weighted by molar-refractivity contribution is 9.10. The summed E-state index contributed by atoms with van der Waals surface area (Å²) >= 11 is 9.79. The Balaban J connectivity index is 2.15. The second-order valence-electron chi connectivity index (χ2n) is 5.97. The van der Waals surface area contributed by atoms with Gasteiger partial charge in [0.1, 0.15) is 11.6 Å². The number of halogens is 3. The first-order valence-corrected chi connectivity index (χ1v) is 8.95. The van der Waals surface area contributed by atoms with Crippen LogP contribution < -0.4 is 5.32 Å². The van der Waals surface area contributed by atoms with Gasteiger partial charge < -0.3 is 5.32 Å². The molecule has 132 valence electrons. The standard InChI is InChI=1S/C19H15BrClFN4/c1-10-6-14(20)18(16(22)7-10)24-19-17(11(2)25-26(19)3)13-5-4-12(9-23)8-15(13)21/h4-8,24H,1-3H3. The van der Waals surface area contributed by atoms with E-state index in [2.05, 4.69) is 32.4 Å². The number of nitriles is 1. The van der Waals surface area contributed by atoms with Crippen molar-refractivity contribution in [1.82, 2.24) is 9.78 Å². The van der Waals surface area contributed by atoms with Crippen molar-refractivity contribution in [3.05, 3.63) is 62.5 Å². The minimum atomic E-state index is -0.368. The summed E-state index contributed by atoms with van der Waals surface area (Å²) in [5.74, 6) is 0.241. The highest BCUT2D eigenvalue weighted by Gasteiger charge is 2.20. The molecule has 0 saturated heterocycles. The maximum absolute atomic E-state index is 14.5. The van der Waals surface area contributed by atoms with Crippen LogP contribution in [0.3, 0.4) is 0 Å². The van der Waals surface area contributed by atoms with Crippen LogP contribution in [-0.4, -0.2) is 9.78 Å². The molecule has 1 aromatic heterocycles. The minimum absolute atomic E-state index is 0.324. The van der Waals surface area contributed by atoms with Gasteiger partial charge in [-0.05, 0) is 59.6 Å². The predicted octanol–water partition coefficient (Wildman–Crippen LogP) is 5.87. The summed E-state index contributed by atoms with van der Waals surface area (Å²) in [6.45, 7) is 3.68. The van der Waals surface area contributed by atoms with Crippen molar-refractivity contribution in [2.45, 2.75) is 13.8 Å². The van der Waals surface area contributed by atoms with E-state index >= 15 is 0 Å². The number of anilines is 2. The van der Waals surface area contributed by atoms with E-state index in [1.165, 1.54) is 6.07 Å². The molecule has 0 spiro atoms. The molecule has 0 aliphatic rings. The zero-order valence-electron chi connectivity index (χ0n) is 14.4. The van der Waals surface area contributed by atoms with Crippen LogP contribution in [0.4, 0.5) is 15.9 Å². The Morgan fingerprint density at radius 1 is 1.27 bits per heavy atom. The Hall–Kier alpha value is -2.36. The van der Waals surface area contributed by atoms with Crippen molar-refractivity contribution in [3.63, 3.8) is 0 Å². The van der Waals surface area contributed by atoms with Gasteiger partial charge in [-0.1, -0.05) is 17.7 Å². The van der Waals surface area contributed by atoms with E-state index in [-0.39, 0.29) is 5.82 Å². The van der Waals surface area contributed by atoms with Gasteiger partial charge in [0.2, 0.25) is 0 Å². The third-order valence-electron chi connectivity index (χ3n) is 4.02. The molecule has 0 saturated carbocycles.